The van der Waals surface area contributed by atoms with Crippen LogP contribution in [-0.4, -0.2) is 41.0 Å². The maximum absolute atomic E-state index is 12.3. The van der Waals surface area contributed by atoms with Crippen molar-refractivity contribution in [1.82, 2.24) is 10.2 Å². The Morgan fingerprint density at radius 2 is 1.93 bits per heavy atom. The number of amides is 2. The van der Waals surface area contributed by atoms with Crippen molar-refractivity contribution >= 4 is 45.7 Å². The molecule has 2 aliphatic rings. The molecule has 0 spiro atoms. The van der Waals surface area contributed by atoms with Crippen LogP contribution >= 0.6 is 22.6 Å². The number of hydrogen-bond donors (Lipinski definition) is 3. The molecule has 2 aromatic rings. The normalized spacial score (nSPS) is 20.6. The van der Waals surface area contributed by atoms with Gasteiger partial charge in [-0.3, -0.25) is 19.8 Å². The molecule has 0 saturated carbocycles. The van der Waals surface area contributed by atoms with Crippen molar-refractivity contribution in [3.05, 3.63) is 68.9 Å². The van der Waals surface area contributed by atoms with Gasteiger partial charge in [-0.1, -0.05) is 12.1 Å². The molecule has 6 nitrogen and oxygen atoms in total. The van der Waals surface area contributed by atoms with E-state index in [1.165, 1.54) is 5.56 Å². The number of hydrogen-bond acceptors (Lipinski definition) is 5. The Morgan fingerprint density at radius 1 is 1.14 bits per heavy atom. The standard InChI is InChI=1S/C22H22IN3O3/c23-15-5-8-18-19(10-15)20(22(29)25-21(18)28)11-24-16-6-3-14(4-7-16)12-26-9-1-2-17(26)13-27/h3-8,10-11,17,24,27H,1-2,9,12-13H2,(H,25,28,29). The van der Waals surface area contributed by atoms with E-state index in [9.17, 15) is 14.7 Å². The van der Waals surface area contributed by atoms with E-state index in [1.54, 1.807) is 12.3 Å². The number of rotatable bonds is 5. The van der Waals surface area contributed by atoms with Crippen molar-refractivity contribution in [1.29, 1.82) is 0 Å². The Hall–Kier alpha value is -2.23. The third kappa shape index (κ3) is 4.36. The molecule has 4 rings (SSSR count). The number of fused-ring (bicyclic) bond motifs is 1. The van der Waals surface area contributed by atoms with Crippen molar-refractivity contribution in [2.45, 2.75) is 25.4 Å². The summed E-state index contributed by atoms with van der Waals surface area (Å²) in [4.78, 5) is 26.7. The Morgan fingerprint density at radius 3 is 2.69 bits per heavy atom. The Bertz CT molecular complexity index is 972. The summed E-state index contributed by atoms with van der Waals surface area (Å²) in [6.07, 6.45) is 3.83. The molecular formula is C22H22IN3O3. The number of halogens is 1. The number of benzene rings is 2. The first-order chi connectivity index (χ1) is 14.0. The number of likely N-dealkylation sites (tertiary alicyclic amines) is 1. The van der Waals surface area contributed by atoms with Crippen LogP contribution in [0.15, 0.2) is 48.7 Å². The summed E-state index contributed by atoms with van der Waals surface area (Å²) in [7, 11) is 0. The fourth-order valence-electron chi connectivity index (χ4n) is 3.85. The molecule has 1 saturated heterocycles. The largest absolute Gasteiger partial charge is 0.395 e. The summed E-state index contributed by atoms with van der Waals surface area (Å²) in [5.74, 6) is -0.774. The minimum atomic E-state index is -0.405. The van der Waals surface area contributed by atoms with Gasteiger partial charge in [0.1, 0.15) is 0 Å². The molecular weight excluding hydrogens is 481 g/mol. The average molecular weight is 503 g/mol. The van der Waals surface area contributed by atoms with Gasteiger partial charge in [0.15, 0.2) is 0 Å². The van der Waals surface area contributed by atoms with Crippen LogP contribution in [0.25, 0.3) is 5.57 Å². The van der Waals surface area contributed by atoms with Crippen LogP contribution in [0.3, 0.4) is 0 Å². The highest BCUT2D eigenvalue weighted by Gasteiger charge is 2.27. The zero-order valence-electron chi connectivity index (χ0n) is 15.8. The highest BCUT2D eigenvalue weighted by atomic mass is 127. The Kier molecular flexibility index (Phi) is 5.98. The van der Waals surface area contributed by atoms with Crippen molar-refractivity contribution in [2.24, 2.45) is 0 Å². The van der Waals surface area contributed by atoms with Crippen molar-refractivity contribution in [2.75, 3.05) is 18.5 Å². The molecule has 2 aromatic carbocycles. The van der Waals surface area contributed by atoms with Crippen LogP contribution in [0, 0.1) is 3.57 Å². The van der Waals surface area contributed by atoms with E-state index >= 15 is 0 Å². The summed E-state index contributed by atoms with van der Waals surface area (Å²) in [6, 6.07) is 13.7. The van der Waals surface area contributed by atoms with Crippen LogP contribution in [0.5, 0.6) is 0 Å². The highest BCUT2D eigenvalue weighted by Crippen LogP contribution is 2.26. The van der Waals surface area contributed by atoms with E-state index in [4.69, 9.17) is 0 Å². The van der Waals surface area contributed by atoms with E-state index in [-0.39, 0.29) is 18.6 Å². The summed E-state index contributed by atoms with van der Waals surface area (Å²) >= 11 is 2.17. The molecule has 150 valence electrons. The predicted molar refractivity (Wildman–Crippen MR) is 120 cm³/mol. The van der Waals surface area contributed by atoms with Crippen molar-refractivity contribution in [3.63, 3.8) is 0 Å². The zero-order valence-corrected chi connectivity index (χ0v) is 18.0. The van der Waals surface area contributed by atoms with Crippen LogP contribution in [0.4, 0.5) is 5.69 Å². The number of carbonyl (C=O) groups is 2. The third-order valence-corrected chi connectivity index (χ3v) is 6.09. The molecule has 1 unspecified atom stereocenters. The first-order valence-electron chi connectivity index (χ1n) is 9.61. The summed E-state index contributed by atoms with van der Waals surface area (Å²) in [5, 5.41) is 15.0. The second-order valence-corrected chi connectivity index (χ2v) is 8.57. The van der Waals surface area contributed by atoms with Gasteiger partial charge in [0.25, 0.3) is 11.8 Å². The van der Waals surface area contributed by atoms with Crippen molar-refractivity contribution < 1.29 is 14.7 Å². The van der Waals surface area contributed by atoms with E-state index < -0.39 is 5.91 Å². The maximum Gasteiger partial charge on any atom is 0.260 e. The second-order valence-electron chi connectivity index (χ2n) is 7.32. The fraction of sp³-hybridized carbons (Fsp3) is 0.273. The van der Waals surface area contributed by atoms with Gasteiger partial charge in [0.2, 0.25) is 0 Å². The number of nitrogens with one attached hydrogen (secondary N) is 2. The number of aliphatic hydroxyl groups excluding tert-OH is 1. The fourth-order valence-corrected chi connectivity index (χ4v) is 4.34. The van der Waals surface area contributed by atoms with Crippen molar-refractivity contribution in [3.8, 4) is 0 Å². The van der Waals surface area contributed by atoms with Gasteiger partial charge in [0.05, 0.1) is 12.2 Å². The zero-order chi connectivity index (χ0) is 20.4. The Balaban J connectivity index is 1.49. The molecule has 1 fully saturated rings. The molecule has 29 heavy (non-hydrogen) atoms. The smallest absolute Gasteiger partial charge is 0.260 e. The first kappa shape index (κ1) is 20.1. The molecule has 2 heterocycles. The van der Waals surface area contributed by atoms with Gasteiger partial charge in [-0.25, -0.2) is 0 Å². The van der Waals surface area contributed by atoms with E-state index in [2.05, 4.69) is 50.3 Å². The van der Waals surface area contributed by atoms with Crippen LogP contribution in [-0.2, 0) is 11.3 Å². The molecule has 0 bridgehead atoms. The predicted octanol–water partition coefficient (Wildman–Crippen LogP) is 2.97. The van der Waals surface area contributed by atoms with E-state index in [0.717, 1.165) is 35.2 Å². The summed E-state index contributed by atoms with van der Waals surface area (Å²) in [5.41, 5.74) is 3.61. The summed E-state index contributed by atoms with van der Waals surface area (Å²) in [6.45, 7) is 2.05. The topological polar surface area (TPSA) is 81.7 Å². The van der Waals surface area contributed by atoms with Gasteiger partial charge in [-0.05, 0) is 77.9 Å². The molecule has 2 aliphatic heterocycles. The third-order valence-electron chi connectivity index (χ3n) is 5.42. The van der Waals surface area contributed by atoms with Crippen LogP contribution in [0.2, 0.25) is 0 Å². The molecule has 1 atom stereocenters. The minimum Gasteiger partial charge on any atom is -0.395 e. The van der Waals surface area contributed by atoms with Crippen LogP contribution < -0.4 is 10.6 Å². The second kappa shape index (κ2) is 8.64. The average Bonchev–Trinajstić information content (AvgIpc) is 3.16. The van der Waals surface area contributed by atoms with Gasteiger partial charge in [-0.15, -0.1) is 0 Å². The quantitative estimate of drug-likeness (QED) is 0.332. The first-order valence-corrected chi connectivity index (χ1v) is 10.7. The van der Waals surface area contributed by atoms with Gasteiger partial charge < -0.3 is 10.4 Å². The summed E-state index contributed by atoms with van der Waals surface area (Å²) < 4.78 is 0.960. The maximum atomic E-state index is 12.3. The lowest BCUT2D eigenvalue weighted by molar-refractivity contribution is -0.114. The SMILES string of the molecule is O=C1NC(=O)c2ccc(I)cc2C1=CNc1ccc(CN2CCCC2CO)cc1. The lowest BCUT2D eigenvalue weighted by Crippen LogP contribution is -2.36. The lowest BCUT2D eigenvalue weighted by atomic mass is 9.95. The lowest BCUT2D eigenvalue weighted by Gasteiger charge is -2.22. The number of anilines is 1. The van der Waals surface area contributed by atoms with Gasteiger partial charge >= 0.3 is 0 Å². The molecule has 0 aliphatic carbocycles. The molecule has 3 N–H and O–H groups in total. The van der Waals surface area contributed by atoms with E-state index in [1.807, 2.05) is 24.3 Å². The van der Waals surface area contributed by atoms with Gasteiger partial charge in [0, 0.05) is 39.2 Å². The number of aliphatic hydroxyl groups is 1. The van der Waals surface area contributed by atoms with Crippen LogP contribution in [0.1, 0.15) is 34.3 Å². The number of imide groups is 1. The minimum absolute atomic E-state index is 0.207. The van der Waals surface area contributed by atoms with E-state index in [0.29, 0.717) is 16.7 Å². The Labute approximate surface area is 183 Å². The van der Waals surface area contributed by atoms with Gasteiger partial charge in [-0.2, -0.15) is 0 Å². The molecule has 2 amide bonds. The number of carbonyl (C=O) groups excluding carboxylic acids is 2. The number of nitrogens with zero attached hydrogens (tertiary/aromatic N) is 1. The highest BCUT2D eigenvalue weighted by molar-refractivity contribution is 14.1. The molecule has 0 aromatic heterocycles. The molecule has 0 radical (unpaired) electrons. The monoisotopic (exact) mass is 503 g/mol. The molecule has 7 heteroatoms.